The Labute approximate surface area is 485 Å². The zero-order valence-corrected chi connectivity index (χ0v) is 52.8. The Morgan fingerprint density at radius 2 is 0.654 bits per heavy atom. The molecule has 0 aliphatic heterocycles. The molecule has 0 saturated heterocycles. The lowest BCUT2D eigenvalue weighted by molar-refractivity contribution is -0.870. The molecule has 0 heterocycles. The quantitative estimate of drug-likeness (QED) is 0.0195. The Balaban J connectivity index is 3.83. The number of carbonyl (C=O) groups is 3. The third-order valence-corrected chi connectivity index (χ3v) is 15.8. The number of allylic oxidation sites excluding steroid dienone is 2. The third kappa shape index (κ3) is 61.6. The van der Waals surface area contributed by atoms with Gasteiger partial charge in [-0.1, -0.05) is 315 Å². The van der Waals surface area contributed by atoms with Gasteiger partial charge < -0.3 is 33.3 Å². The molecular formula is C69H133NO8. The van der Waals surface area contributed by atoms with Crippen LogP contribution in [0.5, 0.6) is 0 Å². The summed E-state index contributed by atoms with van der Waals surface area (Å²) >= 11 is 0. The number of likely N-dealkylation sites (N-methyl/N-ethyl adjacent to an activating group) is 1. The Kier molecular flexibility index (Phi) is 59.6. The van der Waals surface area contributed by atoms with Crippen molar-refractivity contribution < 1.29 is 42.9 Å². The first-order valence-electron chi connectivity index (χ1n) is 34.3. The molecule has 0 spiro atoms. The van der Waals surface area contributed by atoms with E-state index in [1.54, 1.807) is 0 Å². The molecule has 2 unspecified atom stereocenters. The molecule has 0 saturated carbocycles. The fourth-order valence-corrected chi connectivity index (χ4v) is 10.5. The number of quaternary nitrogens is 1. The van der Waals surface area contributed by atoms with E-state index in [2.05, 4.69) is 26.0 Å². The van der Waals surface area contributed by atoms with E-state index in [1.165, 1.54) is 289 Å². The van der Waals surface area contributed by atoms with Gasteiger partial charge in [0.15, 0.2) is 12.4 Å². The van der Waals surface area contributed by atoms with Gasteiger partial charge in [-0.05, 0) is 38.5 Å². The molecule has 9 nitrogen and oxygen atoms in total. The van der Waals surface area contributed by atoms with Crippen LogP contribution in [0.3, 0.4) is 0 Å². The predicted octanol–water partition coefficient (Wildman–Crippen LogP) is 19.5. The molecule has 0 rings (SSSR count). The van der Waals surface area contributed by atoms with Gasteiger partial charge in [0.25, 0.3) is 0 Å². The van der Waals surface area contributed by atoms with Crippen LogP contribution in [0.2, 0.25) is 0 Å². The van der Waals surface area contributed by atoms with Crippen molar-refractivity contribution in [3.05, 3.63) is 12.2 Å². The van der Waals surface area contributed by atoms with Crippen LogP contribution in [-0.4, -0.2) is 82.3 Å². The van der Waals surface area contributed by atoms with E-state index in [1.807, 2.05) is 21.1 Å². The van der Waals surface area contributed by atoms with Gasteiger partial charge in [-0.15, -0.1) is 0 Å². The molecule has 0 aromatic carbocycles. The van der Waals surface area contributed by atoms with Crippen molar-refractivity contribution in [2.75, 3.05) is 47.5 Å². The average molecular weight is 1100 g/mol. The first-order chi connectivity index (χ1) is 38.1. The van der Waals surface area contributed by atoms with Gasteiger partial charge in [-0.2, -0.15) is 0 Å². The molecule has 0 aromatic rings. The number of unbranched alkanes of at least 4 members (excludes halogenated alkanes) is 48. The number of carboxylic acid groups (broad SMARTS) is 1. The summed E-state index contributed by atoms with van der Waals surface area (Å²) in [5.41, 5.74) is 0. The summed E-state index contributed by atoms with van der Waals surface area (Å²) in [7, 11) is 5.94. The van der Waals surface area contributed by atoms with Crippen molar-refractivity contribution in [1.29, 1.82) is 0 Å². The molecule has 0 fully saturated rings. The minimum atomic E-state index is -1.61. The first-order valence-corrected chi connectivity index (χ1v) is 34.3. The fraction of sp³-hybridized carbons (Fsp3) is 0.928. The predicted molar refractivity (Wildman–Crippen MR) is 330 cm³/mol. The topological polar surface area (TPSA) is 111 Å². The summed E-state index contributed by atoms with van der Waals surface area (Å²) in [6.45, 7) is 4.80. The second-order valence-corrected chi connectivity index (χ2v) is 24.8. The van der Waals surface area contributed by atoms with Gasteiger partial charge in [-0.25, -0.2) is 0 Å². The summed E-state index contributed by atoms with van der Waals surface area (Å²) in [5, 5.41) is 11.8. The minimum absolute atomic E-state index is 0.153. The Bertz CT molecular complexity index is 1280. The van der Waals surface area contributed by atoms with Crippen molar-refractivity contribution in [3.63, 3.8) is 0 Å². The minimum Gasteiger partial charge on any atom is -0.545 e. The van der Waals surface area contributed by atoms with Crippen LogP contribution in [0.4, 0.5) is 0 Å². The van der Waals surface area contributed by atoms with Crippen LogP contribution in [0, 0.1) is 0 Å². The van der Waals surface area contributed by atoms with Gasteiger partial charge in [0, 0.05) is 12.8 Å². The Morgan fingerprint density at radius 3 is 0.949 bits per heavy atom. The molecular weight excluding hydrogens is 971 g/mol. The van der Waals surface area contributed by atoms with Crippen molar-refractivity contribution in [2.45, 2.75) is 367 Å². The van der Waals surface area contributed by atoms with Crippen molar-refractivity contribution in [2.24, 2.45) is 0 Å². The molecule has 9 heteroatoms. The van der Waals surface area contributed by atoms with Gasteiger partial charge in [-0.3, -0.25) is 9.59 Å². The number of carbonyl (C=O) groups excluding carboxylic acids is 3. The Morgan fingerprint density at radius 1 is 0.372 bits per heavy atom. The van der Waals surface area contributed by atoms with Gasteiger partial charge in [0.05, 0.1) is 40.3 Å². The van der Waals surface area contributed by atoms with E-state index < -0.39 is 24.3 Å². The molecule has 0 radical (unpaired) electrons. The maximum absolute atomic E-state index is 12.9. The van der Waals surface area contributed by atoms with Crippen LogP contribution < -0.4 is 5.11 Å². The van der Waals surface area contributed by atoms with Crippen molar-refractivity contribution >= 4 is 17.9 Å². The van der Waals surface area contributed by atoms with Crippen LogP contribution in [0.15, 0.2) is 12.2 Å². The maximum atomic E-state index is 12.9. The number of ether oxygens (including phenoxy) is 4. The highest BCUT2D eigenvalue weighted by molar-refractivity contribution is 5.70. The molecule has 0 amide bonds. The van der Waals surface area contributed by atoms with Crippen LogP contribution in [0.25, 0.3) is 0 Å². The first kappa shape index (κ1) is 76.0. The fourth-order valence-electron chi connectivity index (χ4n) is 10.5. The molecule has 0 bridgehead atoms. The highest BCUT2D eigenvalue weighted by atomic mass is 16.7. The highest BCUT2D eigenvalue weighted by Gasteiger charge is 2.22. The zero-order valence-electron chi connectivity index (χ0n) is 52.8. The number of carboxylic acids is 1. The standard InChI is InChI=1S/C69H133NO8/c1-6-8-10-12-14-16-18-20-21-22-23-24-25-26-27-28-29-30-31-32-33-34-35-36-37-38-39-40-41-42-43-44-45-46-47-48-50-52-54-56-58-60-67(72)78-65(64-77-69(68(73)74)75-62-61-70(3,4)5)63-76-66(71)59-57-55-53-51-49-19-17-15-13-11-9-7-2/h22-23,65,69H,6-21,24-64H2,1-5H3/b23-22-. The number of esters is 2. The monoisotopic (exact) mass is 1100 g/mol. The van der Waals surface area contributed by atoms with Crippen molar-refractivity contribution in [1.82, 2.24) is 0 Å². The number of aliphatic carboxylic acids is 1. The summed E-state index contributed by atoms with van der Waals surface area (Å²) in [4.78, 5) is 37.2. The molecule has 0 aliphatic rings. The third-order valence-electron chi connectivity index (χ3n) is 15.8. The molecule has 462 valence electrons. The van der Waals surface area contributed by atoms with Crippen molar-refractivity contribution in [3.8, 4) is 0 Å². The van der Waals surface area contributed by atoms with E-state index in [0.717, 1.165) is 38.5 Å². The Hall–Kier alpha value is -1.97. The van der Waals surface area contributed by atoms with Crippen LogP contribution in [-0.2, 0) is 33.3 Å². The van der Waals surface area contributed by atoms with Crippen LogP contribution in [0.1, 0.15) is 354 Å². The average Bonchev–Trinajstić information content (AvgIpc) is 3.41. The van der Waals surface area contributed by atoms with Crippen LogP contribution >= 0.6 is 0 Å². The SMILES string of the molecule is CCCCCCCCCC/C=C\CCCCCCCCCCCCCCCCCCCCCCCCCCCCCCCC(=O)OC(COC(=O)CCCCCCCCCCCCCC)COC(OCC[N+](C)(C)C)C(=O)[O-]. The smallest absolute Gasteiger partial charge is 0.306 e. The lowest BCUT2D eigenvalue weighted by Crippen LogP contribution is -2.44. The number of rotatable bonds is 65. The van der Waals surface area contributed by atoms with E-state index >= 15 is 0 Å². The summed E-state index contributed by atoms with van der Waals surface area (Å²) in [6, 6.07) is 0. The maximum Gasteiger partial charge on any atom is 0.306 e. The number of nitrogens with zero attached hydrogens (tertiary/aromatic N) is 1. The summed E-state index contributed by atoms with van der Waals surface area (Å²) < 4.78 is 22.7. The highest BCUT2D eigenvalue weighted by Crippen LogP contribution is 2.19. The molecule has 0 aromatic heterocycles. The van der Waals surface area contributed by atoms with Gasteiger partial charge >= 0.3 is 11.9 Å². The molecule has 0 aliphatic carbocycles. The number of hydrogen-bond acceptors (Lipinski definition) is 8. The molecule has 0 N–H and O–H groups in total. The lowest BCUT2D eigenvalue weighted by Gasteiger charge is -2.26. The number of hydrogen-bond donors (Lipinski definition) is 0. The molecule has 2 atom stereocenters. The summed E-state index contributed by atoms with van der Waals surface area (Å²) in [6.07, 6.45) is 70.5. The van der Waals surface area contributed by atoms with E-state index in [9.17, 15) is 19.5 Å². The molecule has 78 heavy (non-hydrogen) atoms. The van der Waals surface area contributed by atoms with Gasteiger partial charge in [0.1, 0.15) is 13.2 Å². The van der Waals surface area contributed by atoms with E-state index in [0.29, 0.717) is 17.4 Å². The van der Waals surface area contributed by atoms with E-state index in [-0.39, 0.29) is 32.2 Å². The zero-order chi connectivity index (χ0) is 56.9. The lowest BCUT2D eigenvalue weighted by atomic mass is 10.0. The second kappa shape index (κ2) is 61.1. The van der Waals surface area contributed by atoms with E-state index in [4.69, 9.17) is 18.9 Å². The largest absolute Gasteiger partial charge is 0.545 e. The second-order valence-electron chi connectivity index (χ2n) is 24.8. The summed E-state index contributed by atoms with van der Waals surface area (Å²) in [5.74, 6) is -2.25. The normalized spacial score (nSPS) is 12.7. The van der Waals surface area contributed by atoms with Gasteiger partial charge in [0.2, 0.25) is 0 Å².